The Balaban J connectivity index is 1.40. The van der Waals surface area contributed by atoms with Crippen molar-refractivity contribution >= 4 is 12.0 Å². The first-order chi connectivity index (χ1) is 16.4. The number of halogens is 2. The molecule has 0 saturated carbocycles. The molecule has 2 aromatic heterocycles. The molecule has 180 valence electrons. The number of hydrogen-bond acceptors (Lipinski definition) is 8. The van der Waals surface area contributed by atoms with Crippen molar-refractivity contribution in [1.82, 2.24) is 35.3 Å². The van der Waals surface area contributed by atoms with Crippen LogP contribution in [-0.4, -0.2) is 60.9 Å². The van der Waals surface area contributed by atoms with Gasteiger partial charge in [-0.15, -0.1) is 20.4 Å². The second-order valence-corrected chi connectivity index (χ2v) is 8.13. The van der Waals surface area contributed by atoms with E-state index in [1.165, 1.54) is 23.0 Å². The van der Waals surface area contributed by atoms with Crippen molar-refractivity contribution in [3.8, 4) is 5.75 Å². The lowest BCUT2D eigenvalue weighted by Crippen LogP contribution is -2.38. The minimum Gasteiger partial charge on any atom is -0.435 e. The Morgan fingerprint density at radius 2 is 2.03 bits per heavy atom. The summed E-state index contributed by atoms with van der Waals surface area (Å²) in [4.78, 5) is 15.9. The van der Waals surface area contributed by atoms with Crippen LogP contribution in [0.4, 0.5) is 8.78 Å². The number of likely N-dealkylation sites (tertiary alicyclic amines) is 1. The van der Waals surface area contributed by atoms with Gasteiger partial charge in [-0.3, -0.25) is 4.79 Å². The molecular weight excluding hydrogens is 448 g/mol. The van der Waals surface area contributed by atoms with Gasteiger partial charge in [-0.25, -0.2) is 0 Å². The lowest BCUT2D eigenvalue weighted by atomic mass is 9.93. The zero-order valence-electron chi connectivity index (χ0n) is 18.9. The molecule has 1 aromatic carbocycles. The fourth-order valence-corrected chi connectivity index (χ4v) is 3.89. The Morgan fingerprint density at radius 3 is 2.68 bits per heavy atom. The molecule has 1 saturated heterocycles. The van der Waals surface area contributed by atoms with E-state index in [2.05, 4.69) is 30.3 Å². The lowest BCUT2D eigenvalue weighted by Gasteiger charge is -2.30. The number of alkyl halides is 2. The Kier molecular flexibility index (Phi) is 7.24. The monoisotopic (exact) mass is 473 g/mol. The molecular formula is C22H25F2N7O3. The molecule has 0 radical (unpaired) electrons. The number of carbonyl (C=O) groups is 1. The third kappa shape index (κ3) is 6.21. The fourth-order valence-electron chi connectivity index (χ4n) is 3.89. The first-order valence-corrected chi connectivity index (χ1v) is 10.9. The molecule has 0 aliphatic carbocycles. The van der Waals surface area contributed by atoms with Crippen LogP contribution in [0.5, 0.6) is 5.75 Å². The van der Waals surface area contributed by atoms with Gasteiger partial charge in [0.05, 0.1) is 6.54 Å². The van der Waals surface area contributed by atoms with Crippen LogP contribution in [0.25, 0.3) is 6.08 Å². The highest BCUT2D eigenvalue weighted by atomic mass is 19.3. The lowest BCUT2D eigenvalue weighted by molar-refractivity contribution is -0.127. The Labute approximate surface area is 194 Å². The number of tetrazole rings is 1. The summed E-state index contributed by atoms with van der Waals surface area (Å²) >= 11 is 0. The molecule has 1 aliphatic rings. The van der Waals surface area contributed by atoms with Gasteiger partial charge >= 0.3 is 6.61 Å². The second kappa shape index (κ2) is 10.5. The van der Waals surface area contributed by atoms with Gasteiger partial charge < -0.3 is 14.1 Å². The van der Waals surface area contributed by atoms with Crippen LogP contribution in [0.3, 0.4) is 0 Å². The number of ether oxygens (including phenoxy) is 1. The van der Waals surface area contributed by atoms with Crippen LogP contribution in [0.2, 0.25) is 0 Å². The Bertz CT molecular complexity index is 1150. The number of nitrogens with zero attached hydrogens (tertiary/aromatic N) is 7. The maximum atomic E-state index is 12.8. The minimum atomic E-state index is -2.94. The summed E-state index contributed by atoms with van der Waals surface area (Å²) in [6, 6.07) is 4.55. The van der Waals surface area contributed by atoms with Gasteiger partial charge in [-0.2, -0.15) is 13.6 Å². The van der Waals surface area contributed by atoms with Crippen LogP contribution in [0.1, 0.15) is 41.6 Å². The van der Waals surface area contributed by atoms with Crippen molar-refractivity contribution in [2.24, 2.45) is 5.92 Å². The highest BCUT2D eigenvalue weighted by Crippen LogP contribution is 2.23. The number of piperidine rings is 1. The molecule has 34 heavy (non-hydrogen) atoms. The molecule has 0 N–H and O–H groups in total. The van der Waals surface area contributed by atoms with Gasteiger partial charge in [0.1, 0.15) is 5.75 Å². The first kappa shape index (κ1) is 23.5. The normalized spacial score (nSPS) is 14.9. The molecule has 1 amide bonds. The average molecular weight is 473 g/mol. The third-order valence-corrected chi connectivity index (χ3v) is 5.57. The van der Waals surface area contributed by atoms with E-state index < -0.39 is 6.61 Å². The summed E-state index contributed by atoms with van der Waals surface area (Å²) in [5.74, 6) is 1.97. The molecule has 0 atom stereocenters. The van der Waals surface area contributed by atoms with Crippen molar-refractivity contribution in [3.63, 3.8) is 0 Å². The predicted molar refractivity (Wildman–Crippen MR) is 116 cm³/mol. The van der Waals surface area contributed by atoms with Gasteiger partial charge in [0.15, 0.2) is 5.82 Å². The van der Waals surface area contributed by atoms with E-state index in [9.17, 15) is 13.6 Å². The van der Waals surface area contributed by atoms with Crippen molar-refractivity contribution in [2.45, 2.75) is 46.3 Å². The summed E-state index contributed by atoms with van der Waals surface area (Å²) in [6.45, 7) is 1.99. The van der Waals surface area contributed by atoms with E-state index in [4.69, 9.17) is 4.42 Å². The van der Waals surface area contributed by atoms with Gasteiger partial charge in [0, 0.05) is 32.5 Å². The largest absolute Gasteiger partial charge is 0.435 e. The fraction of sp³-hybridized carbons (Fsp3) is 0.455. The van der Waals surface area contributed by atoms with E-state index in [0.29, 0.717) is 54.2 Å². The highest BCUT2D eigenvalue weighted by Gasteiger charge is 2.23. The quantitative estimate of drug-likeness (QED) is 0.459. The molecule has 4 rings (SSSR count). The second-order valence-electron chi connectivity index (χ2n) is 8.13. The van der Waals surface area contributed by atoms with Crippen LogP contribution < -0.4 is 4.74 Å². The number of hydrogen-bond donors (Lipinski definition) is 0. The smallest absolute Gasteiger partial charge is 0.387 e. The van der Waals surface area contributed by atoms with Crippen molar-refractivity contribution in [1.29, 1.82) is 0 Å². The zero-order valence-corrected chi connectivity index (χ0v) is 18.9. The predicted octanol–water partition coefficient (Wildman–Crippen LogP) is 2.82. The molecule has 0 spiro atoms. The van der Waals surface area contributed by atoms with E-state index in [-0.39, 0.29) is 18.2 Å². The maximum Gasteiger partial charge on any atom is 0.387 e. The van der Waals surface area contributed by atoms with Gasteiger partial charge in [-0.05, 0) is 60.2 Å². The van der Waals surface area contributed by atoms with Crippen molar-refractivity contribution < 1.29 is 22.7 Å². The molecule has 0 unspecified atom stereocenters. The van der Waals surface area contributed by atoms with Gasteiger partial charge in [-0.1, -0.05) is 6.07 Å². The number of rotatable bonds is 8. The highest BCUT2D eigenvalue weighted by molar-refractivity contribution is 5.92. The van der Waals surface area contributed by atoms with Gasteiger partial charge in [0.25, 0.3) is 0 Å². The third-order valence-electron chi connectivity index (χ3n) is 5.57. The number of benzene rings is 1. The molecule has 10 nitrogen and oxygen atoms in total. The van der Waals surface area contributed by atoms with Crippen molar-refractivity contribution in [3.05, 3.63) is 53.0 Å². The summed E-state index contributed by atoms with van der Waals surface area (Å²) in [6.07, 6.45) is 5.58. The standard InChI is InChI=1S/C22H25F2N7O3/c1-14-25-29-31(28-14)13-18-12-19(34-22(23)24)5-3-17(18)4-6-21(32)30-9-7-16(8-10-30)11-20-27-26-15(2)33-20/h3-6,12,16,22H,7-11,13H2,1-2H3. The Morgan fingerprint density at radius 1 is 1.24 bits per heavy atom. The number of amides is 1. The van der Waals surface area contributed by atoms with Crippen LogP contribution in [0, 0.1) is 19.8 Å². The van der Waals surface area contributed by atoms with E-state index in [1.54, 1.807) is 30.9 Å². The molecule has 12 heteroatoms. The number of aromatic nitrogens is 6. The van der Waals surface area contributed by atoms with Crippen LogP contribution in [0.15, 0.2) is 28.7 Å². The molecule has 0 bridgehead atoms. The Hall–Kier alpha value is -3.70. The van der Waals surface area contributed by atoms with Gasteiger partial charge in [0.2, 0.25) is 17.7 Å². The zero-order chi connectivity index (χ0) is 24.1. The SMILES string of the molecule is Cc1nnn(Cc2cc(OC(F)F)ccc2C=CC(=O)N2CCC(Cc3nnc(C)o3)CC2)n1. The number of aryl methyl sites for hydroxylation is 2. The summed E-state index contributed by atoms with van der Waals surface area (Å²) < 4.78 is 35.3. The molecule has 1 fully saturated rings. The van der Waals surface area contributed by atoms with Crippen LogP contribution >= 0.6 is 0 Å². The molecule has 1 aliphatic heterocycles. The summed E-state index contributed by atoms with van der Waals surface area (Å²) in [7, 11) is 0. The summed E-state index contributed by atoms with van der Waals surface area (Å²) in [5.41, 5.74) is 1.29. The molecule has 3 heterocycles. The maximum absolute atomic E-state index is 12.8. The van der Waals surface area contributed by atoms with E-state index in [1.807, 2.05) is 0 Å². The van der Waals surface area contributed by atoms with E-state index >= 15 is 0 Å². The number of carbonyl (C=O) groups excluding carboxylic acids is 1. The molecule has 3 aromatic rings. The summed E-state index contributed by atoms with van der Waals surface area (Å²) in [5, 5.41) is 19.8. The topological polar surface area (TPSA) is 112 Å². The van der Waals surface area contributed by atoms with Crippen LogP contribution in [-0.2, 0) is 17.8 Å². The first-order valence-electron chi connectivity index (χ1n) is 10.9. The minimum absolute atomic E-state index is 0.0174. The average Bonchev–Trinajstić information content (AvgIpc) is 3.40. The van der Waals surface area contributed by atoms with Crippen molar-refractivity contribution in [2.75, 3.05) is 13.1 Å². The van der Waals surface area contributed by atoms with E-state index in [0.717, 1.165) is 12.8 Å².